The maximum Gasteiger partial charge on any atom is 0.101 e. The second-order valence-corrected chi connectivity index (χ2v) is 6.49. The van der Waals surface area contributed by atoms with E-state index < -0.39 is 6.10 Å². The lowest BCUT2D eigenvalue weighted by atomic mass is 9.85. The molecule has 0 fully saturated rings. The van der Waals surface area contributed by atoms with Crippen LogP contribution in [-0.2, 0) is 5.41 Å². The van der Waals surface area contributed by atoms with Crippen molar-refractivity contribution in [2.75, 3.05) is 0 Å². The van der Waals surface area contributed by atoms with Gasteiger partial charge in [0, 0.05) is 6.20 Å². The average Bonchev–Trinajstić information content (AvgIpc) is 2.14. The van der Waals surface area contributed by atoms with Gasteiger partial charge in [-0.15, -0.1) is 0 Å². The Morgan fingerprint density at radius 1 is 1.06 bits per heavy atom. The summed E-state index contributed by atoms with van der Waals surface area (Å²) in [6.45, 7) is 12.5. The van der Waals surface area contributed by atoms with Gasteiger partial charge in [0.15, 0.2) is 0 Å². The van der Waals surface area contributed by atoms with Crippen LogP contribution in [0.4, 0.5) is 0 Å². The van der Waals surface area contributed by atoms with Crippen molar-refractivity contribution in [1.29, 1.82) is 0 Å². The first-order valence-corrected chi connectivity index (χ1v) is 5.77. The fraction of sp³-hybridized carbons (Fsp3) is 0.643. The van der Waals surface area contributed by atoms with E-state index in [4.69, 9.17) is 0 Å². The zero-order chi connectivity index (χ0) is 12.6. The smallest absolute Gasteiger partial charge is 0.101 e. The largest absolute Gasteiger partial charge is 0.386 e. The Bertz CT molecular complexity index is 340. The Balaban J connectivity index is 2.96. The molecule has 0 aliphatic carbocycles. The molecule has 0 spiro atoms. The van der Waals surface area contributed by atoms with Gasteiger partial charge in [0.2, 0.25) is 0 Å². The molecule has 90 valence electrons. The van der Waals surface area contributed by atoms with Gasteiger partial charge in [0.1, 0.15) is 6.10 Å². The number of aliphatic hydroxyl groups is 1. The van der Waals surface area contributed by atoms with Gasteiger partial charge in [-0.05, 0) is 22.5 Å². The van der Waals surface area contributed by atoms with Crippen molar-refractivity contribution in [3.63, 3.8) is 0 Å². The predicted octanol–water partition coefficient (Wildman–Crippen LogP) is 3.46. The van der Waals surface area contributed by atoms with Crippen LogP contribution >= 0.6 is 0 Å². The van der Waals surface area contributed by atoms with E-state index >= 15 is 0 Å². The highest BCUT2D eigenvalue weighted by Crippen LogP contribution is 2.32. The lowest BCUT2D eigenvalue weighted by Crippen LogP contribution is -2.19. The number of aliphatic hydroxyl groups excluding tert-OH is 1. The van der Waals surface area contributed by atoms with Crippen molar-refractivity contribution in [1.82, 2.24) is 4.98 Å². The Labute approximate surface area is 98.7 Å². The number of aromatic nitrogens is 1. The third-order valence-corrected chi connectivity index (χ3v) is 2.75. The Kier molecular flexibility index (Phi) is 3.44. The molecule has 1 unspecified atom stereocenters. The van der Waals surface area contributed by atoms with Crippen molar-refractivity contribution in [2.24, 2.45) is 5.41 Å². The standard InChI is InChI=1S/C14H23NO/c1-13(2,3)10-7-8-11(15-9-10)12(16)14(4,5)6/h7-9,12,16H,1-6H3. The Morgan fingerprint density at radius 3 is 1.94 bits per heavy atom. The fourth-order valence-corrected chi connectivity index (χ4v) is 1.45. The summed E-state index contributed by atoms with van der Waals surface area (Å²) in [4.78, 5) is 4.36. The van der Waals surface area contributed by atoms with E-state index in [1.807, 2.05) is 33.0 Å². The van der Waals surface area contributed by atoms with Gasteiger partial charge in [0.05, 0.1) is 5.69 Å². The van der Waals surface area contributed by atoms with E-state index in [-0.39, 0.29) is 10.8 Å². The molecule has 1 N–H and O–H groups in total. The van der Waals surface area contributed by atoms with Gasteiger partial charge in [0.25, 0.3) is 0 Å². The maximum atomic E-state index is 10.1. The van der Waals surface area contributed by atoms with Gasteiger partial charge < -0.3 is 5.11 Å². The van der Waals surface area contributed by atoms with Crippen molar-refractivity contribution in [3.05, 3.63) is 29.6 Å². The minimum absolute atomic E-state index is 0.109. The average molecular weight is 221 g/mol. The van der Waals surface area contributed by atoms with Crippen molar-refractivity contribution in [3.8, 4) is 0 Å². The third-order valence-electron chi connectivity index (χ3n) is 2.75. The molecule has 0 aliphatic heterocycles. The minimum Gasteiger partial charge on any atom is -0.386 e. The van der Waals surface area contributed by atoms with E-state index in [1.165, 1.54) is 5.56 Å². The minimum atomic E-state index is -0.512. The van der Waals surface area contributed by atoms with Gasteiger partial charge in [-0.25, -0.2) is 0 Å². The van der Waals surface area contributed by atoms with Crippen LogP contribution in [0.3, 0.4) is 0 Å². The van der Waals surface area contributed by atoms with Gasteiger partial charge in [-0.3, -0.25) is 4.98 Å². The van der Waals surface area contributed by atoms with Crippen LogP contribution in [0.2, 0.25) is 0 Å². The maximum absolute atomic E-state index is 10.1. The van der Waals surface area contributed by atoms with Crippen LogP contribution in [-0.4, -0.2) is 10.1 Å². The first kappa shape index (κ1) is 13.2. The Hall–Kier alpha value is -0.890. The summed E-state index contributed by atoms with van der Waals surface area (Å²) in [6.07, 6.45) is 1.35. The van der Waals surface area contributed by atoms with Crippen LogP contribution in [0.1, 0.15) is 58.9 Å². The summed E-state index contributed by atoms with van der Waals surface area (Å²) in [5.74, 6) is 0. The van der Waals surface area contributed by atoms with E-state index in [1.54, 1.807) is 0 Å². The molecule has 16 heavy (non-hydrogen) atoms. The monoisotopic (exact) mass is 221 g/mol. The lowest BCUT2D eigenvalue weighted by molar-refractivity contribution is 0.0589. The molecule has 1 rings (SSSR count). The molecule has 1 aromatic heterocycles. The van der Waals surface area contributed by atoms with E-state index in [0.717, 1.165) is 5.69 Å². The van der Waals surface area contributed by atoms with Crippen LogP contribution < -0.4 is 0 Å². The van der Waals surface area contributed by atoms with E-state index in [0.29, 0.717) is 0 Å². The highest BCUT2D eigenvalue weighted by atomic mass is 16.3. The predicted molar refractivity (Wildman–Crippen MR) is 67.4 cm³/mol. The molecular formula is C14H23NO. The summed E-state index contributed by atoms with van der Waals surface area (Å²) in [5.41, 5.74) is 1.88. The SMILES string of the molecule is CC(C)(C)c1ccc(C(O)C(C)(C)C)nc1. The number of hydrogen-bond donors (Lipinski definition) is 1. The summed E-state index contributed by atoms with van der Waals surface area (Å²) < 4.78 is 0. The van der Waals surface area contributed by atoms with Gasteiger partial charge in [-0.2, -0.15) is 0 Å². The summed E-state index contributed by atoms with van der Waals surface area (Å²) in [5, 5.41) is 10.1. The van der Waals surface area contributed by atoms with E-state index in [9.17, 15) is 5.11 Å². The summed E-state index contributed by atoms with van der Waals surface area (Å²) in [7, 11) is 0. The first-order valence-electron chi connectivity index (χ1n) is 5.77. The fourth-order valence-electron chi connectivity index (χ4n) is 1.45. The molecule has 0 saturated heterocycles. The highest BCUT2D eigenvalue weighted by molar-refractivity contribution is 5.22. The zero-order valence-corrected chi connectivity index (χ0v) is 11.2. The van der Waals surface area contributed by atoms with Crippen molar-refractivity contribution >= 4 is 0 Å². The zero-order valence-electron chi connectivity index (χ0n) is 11.2. The molecular weight excluding hydrogens is 198 g/mol. The number of hydrogen-bond acceptors (Lipinski definition) is 2. The highest BCUT2D eigenvalue weighted by Gasteiger charge is 2.25. The molecule has 0 bridgehead atoms. The van der Waals surface area contributed by atoms with Crippen LogP contribution in [0.15, 0.2) is 18.3 Å². The molecule has 2 heteroatoms. The molecule has 0 saturated carbocycles. The summed E-state index contributed by atoms with van der Waals surface area (Å²) in [6, 6.07) is 3.98. The molecule has 0 amide bonds. The van der Waals surface area contributed by atoms with Crippen LogP contribution in [0.5, 0.6) is 0 Å². The van der Waals surface area contributed by atoms with Gasteiger partial charge in [-0.1, -0.05) is 47.6 Å². The normalized spacial score (nSPS) is 14.9. The summed E-state index contributed by atoms with van der Waals surface area (Å²) >= 11 is 0. The number of nitrogens with zero attached hydrogens (tertiary/aromatic N) is 1. The molecule has 0 aromatic carbocycles. The molecule has 0 aliphatic rings. The Morgan fingerprint density at radius 2 is 1.62 bits per heavy atom. The first-order chi connectivity index (χ1) is 7.12. The lowest BCUT2D eigenvalue weighted by Gasteiger charge is -2.26. The molecule has 2 nitrogen and oxygen atoms in total. The molecule has 1 heterocycles. The second kappa shape index (κ2) is 4.17. The third kappa shape index (κ3) is 3.05. The second-order valence-electron chi connectivity index (χ2n) is 6.49. The quantitative estimate of drug-likeness (QED) is 0.787. The van der Waals surface area contributed by atoms with Crippen molar-refractivity contribution < 1.29 is 5.11 Å². The van der Waals surface area contributed by atoms with Gasteiger partial charge >= 0.3 is 0 Å². The molecule has 1 atom stereocenters. The number of rotatable bonds is 1. The van der Waals surface area contributed by atoms with Crippen LogP contribution in [0.25, 0.3) is 0 Å². The molecule has 1 aromatic rings. The van der Waals surface area contributed by atoms with Crippen LogP contribution in [0, 0.1) is 5.41 Å². The molecule has 0 radical (unpaired) electrons. The number of pyridine rings is 1. The topological polar surface area (TPSA) is 33.1 Å². The van der Waals surface area contributed by atoms with Crippen molar-refractivity contribution in [2.45, 2.75) is 53.1 Å². The van der Waals surface area contributed by atoms with E-state index in [2.05, 4.69) is 31.8 Å².